The number of carbonyl (C=O) groups excluding carboxylic acids is 2. The predicted molar refractivity (Wildman–Crippen MR) is 115 cm³/mol. The molecule has 0 aliphatic heterocycles. The van der Waals surface area contributed by atoms with E-state index < -0.39 is 0 Å². The molecule has 146 valence electrons. The van der Waals surface area contributed by atoms with Crippen molar-refractivity contribution in [2.75, 3.05) is 5.32 Å². The summed E-state index contributed by atoms with van der Waals surface area (Å²) < 4.78 is 5.74. The first-order valence-corrected chi connectivity index (χ1v) is 10.6. The Kier molecular flexibility index (Phi) is 5.75. The van der Waals surface area contributed by atoms with Crippen LogP contribution in [0.15, 0.2) is 64.6 Å². The minimum Gasteiger partial charge on any atom is -0.459 e. The lowest BCUT2D eigenvalue weighted by Gasteiger charge is -2.06. The van der Waals surface area contributed by atoms with Crippen molar-refractivity contribution in [3.05, 3.63) is 81.5 Å². The molecule has 2 amide bonds. The van der Waals surface area contributed by atoms with Crippen LogP contribution < -0.4 is 10.6 Å². The van der Waals surface area contributed by atoms with E-state index in [9.17, 15) is 9.59 Å². The predicted octanol–water partition coefficient (Wildman–Crippen LogP) is 5.30. The molecule has 9 heteroatoms. The topological polar surface area (TPSA) is 84.2 Å². The molecule has 0 aliphatic carbocycles. The molecule has 4 aromatic rings. The van der Waals surface area contributed by atoms with E-state index in [1.807, 2.05) is 24.3 Å². The molecule has 0 saturated carbocycles. The van der Waals surface area contributed by atoms with Gasteiger partial charge in [0.05, 0.1) is 15.5 Å². The number of hydrogen-bond donors (Lipinski definition) is 2. The number of furan rings is 1. The van der Waals surface area contributed by atoms with Crippen LogP contribution in [0.25, 0.3) is 9.88 Å². The summed E-state index contributed by atoms with van der Waals surface area (Å²) in [6.07, 6.45) is 1.45. The third-order valence-electron chi connectivity index (χ3n) is 3.93. The number of nitrogens with zero attached hydrogens (tertiary/aromatic N) is 1. The van der Waals surface area contributed by atoms with Crippen LogP contribution in [-0.4, -0.2) is 16.8 Å². The van der Waals surface area contributed by atoms with Crippen molar-refractivity contribution in [1.82, 2.24) is 10.3 Å². The van der Waals surface area contributed by atoms with E-state index >= 15 is 0 Å². The first-order valence-electron chi connectivity index (χ1n) is 8.52. The fraction of sp³-hybridized carbons (Fsp3) is 0.0500. The van der Waals surface area contributed by atoms with E-state index in [1.54, 1.807) is 29.6 Å². The smallest absolute Gasteiger partial charge is 0.291 e. The van der Waals surface area contributed by atoms with Gasteiger partial charge < -0.3 is 15.1 Å². The second kappa shape index (κ2) is 8.60. The van der Waals surface area contributed by atoms with Gasteiger partial charge in [-0.1, -0.05) is 23.7 Å². The van der Waals surface area contributed by atoms with Crippen LogP contribution in [0, 0.1) is 0 Å². The van der Waals surface area contributed by atoms with Gasteiger partial charge in [0.2, 0.25) is 0 Å². The summed E-state index contributed by atoms with van der Waals surface area (Å²) in [7, 11) is 0. The van der Waals surface area contributed by atoms with Crippen molar-refractivity contribution in [2.24, 2.45) is 0 Å². The van der Waals surface area contributed by atoms with Gasteiger partial charge in [-0.3, -0.25) is 9.59 Å². The van der Waals surface area contributed by atoms with Gasteiger partial charge in [-0.15, -0.1) is 22.7 Å². The highest BCUT2D eigenvalue weighted by Gasteiger charge is 2.13. The first kappa shape index (κ1) is 19.4. The minimum atomic E-state index is -0.317. The Labute approximate surface area is 179 Å². The largest absolute Gasteiger partial charge is 0.459 e. The van der Waals surface area contributed by atoms with Gasteiger partial charge in [0.25, 0.3) is 11.8 Å². The SMILES string of the molecule is O=C(NCc1ccc(NC(=O)c2ccco2)cc1)c1csc(-c2ccc(Cl)s2)n1. The van der Waals surface area contributed by atoms with E-state index in [-0.39, 0.29) is 17.6 Å². The maximum atomic E-state index is 12.4. The molecular formula is C20H14ClN3O3S2. The van der Waals surface area contributed by atoms with Crippen LogP contribution in [-0.2, 0) is 6.54 Å². The number of thiophene rings is 1. The summed E-state index contributed by atoms with van der Waals surface area (Å²) >= 11 is 8.78. The summed E-state index contributed by atoms with van der Waals surface area (Å²) in [5.74, 6) is -0.318. The third-order valence-corrected chi connectivity index (χ3v) is 6.17. The van der Waals surface area contributed by atoms with Gasteiger partial charge in [-0.05, 0) is 42.0 Å². The Morgan fingerprint density at radius 3 is 2.59 bits per heavy atom. The second-order valence-electron chi connectivity index (χ2n) is 5.95. The molecule has 2 N–H and O–H groups in total. The van der Waals surface area contributed by atoms with Crippen molar-refractivity contribution in [1.29, 1.82) is 0 Å². The van der Waals surface area contributed by atoms with Crippen LogP contribution in [0.2, 0.25) is 4.34 Å². The third kappa shape index (κ3) is 4.73. The quantitative estimate of drug-likeness (QED) is 0.423. The van der Waals surface area contributed by atoms with Crippen molar-refractivity contribution in [3.63, 3.8) is 0 Å². The summed E-state index contributed by atoms with van der Waals surface area (Å²) in [5.41, 5.74) is 1.91. The molecule has 0 bridgehead atoms. The minimum absolute atomic E-state index is 0.244. The van der Waals surface area contributed by atoms with E-state index in [1.165, 1.54) is 28.9 Å². The van der Waals surface area contributed by atoms with Crippen LogP contribution in [0.3, 0.4) is 0 Å². The monoisotopic (exact) mass is 443 g/mol. The van der Waals surface area contributed by atoms with Crippen molar-refractivity contribution >= 4 is 51.8 Å². The zero-order chi connectivity index (χ0) is 20.2. The van der Waals surface area contributed by atoms with Gasteiger partial charge in [0, 0.05) is 17.6 Å². The molecule has 4 rings (SSSR count). The maximum absolute atomic E-state index is 12.4. The highest BCUT2D eigenvalue weighted by molar-refractivity contribution is 7.23. The van der Waals surface area contributed by atoms with E-state index in [2.05, 4.69) is 15.6 Å². The van der Waals surface area contributed by atoms with Gasteiger partial charge in [-0.25, -0.2) is 4.98 Å². The molecule has 0 radical (unpaired) electrons. The number of hydrogen-bond acceptors (Lipinski definition) is 6. The molecular weight excluding hydrogens is 430 g/mol. The van der Waals surface area contributed by atoms with Crippen LogP contribution in [0.4, 0.5) is 5.69 Å². The molecule has 3 heterocycles. The Balaban J connectivity index is 1.32. The molecule has 6 nitrogen and oxygen atoms in total. The number of halogens is 1. The van der Waals surface area contributed by atoms with Gasteiger partial charge >= 0.3 is 0 Å². The summed E-state index contributed by atoms with van der Waals surface area (Å²) in [6, 6.07) is 14.1. The molecule has 29 heavy (non-hydrogen) atoms. The average Bonchev–Trinajstić information content (AvgIpc) is 3.48. The number of anilines is 1. The normalized spacial score (nSPS) is 10.7. The fourth-order valence-electron chi connectivity index (χ4n) is 2.50. The molecule has 0 saturated heterocycles. The standard InChI is InChI=1S/C20H14ClN3O3S2/c21-17-8-7-16(29-17)20-24-14(11-28-20)18(25)22-10-12-3-5-13(6-4-12)23-19(26)15-2-1-9-27-15/h1-9,11H,10H2,(H,22,25)(H,23,26). The summed E-state index contributed by atoms with van der Waals surface area (Å²) in [6.45, 7) is 0.350. The zero-order valence-electron chi connectivity index (χ0n) is 14.8. The Hall–Kier alpha value is -2.94. The highest BCUT2D eigenvalue weighted by Crippen LogP contribution is 2.32. The summed E-state index contributed by atoms with van der Waals surface area (Å²) in [5, 5.41) is 8.09. The molecule has 0 fully saturated rings. The Bertz CT molecular complexity index is 1130. The zero-order valence-corrected chi connectivity index (χ0v) is 17.2. The summed E-state index contributed by atoms with van der Waals surface area (Å²) in [4.78, 5) is 29.6. The second-order valence-corrected chi connectivity index (χ2v) is 8.53. The van der Waals surface area contributed by atoms with Gasteiger partial charge in [-0.2, -0.15) is 0 Å². The van der Waals surface area contributed by atoms with Crippen molar-refractivity contribution < 1.29 is 14.0 Å². The van der Waals surface area contributed by atoms with Crippen molar-refractivity contribution in [2.45, 2.75) is 6.54 Å². The van der Waals surface area contributed by atoms with E-state index in [4.69, 9.17) is 16.0 Å². The number of rotatable bonds is 6. The lowest BCUT2D eigenvalue weighted by molar-refractivity contribution is 0.0945. The van der Waals surface area contributed by atoms with E-state index in [0.717, 1.165) is 15.4 Å². The van der Waals surface area contributed by atoms with Crippen molar-refractivity contribution in [3.8, 4) is 9.88 Å². The molecule has 3 aromatic heterocycles. The van der Waals surface area contributed by atoms with Gasteiger partial charge in [0.1, 0.15) is 10.7 Å². The number of benzene rings is 1. The lowest BCUT2D eigenvalue weighted by atomic mass is 10.2. The average molecular weight is 444 g/mol. The number of nitrogens with one attached hydrogen (secondary N) is 2. The number of carbonyl (C=O) groups is 2. The van der Waals surface area contributed by atoms with Crippen LogP contribution in [0.1, 0.15) is 26.6 Å². The van der Waals surface area contributed by atoms with Crippen LogP contribution in [0.5, 0.6) is 0 Å². The molecule has 0 aliphatic rings. The number of aromatic nitrogens is 1. The fourth-order valence-corrected chi connectivity index (χ4v) is 4.41. The number of amides is 2. The molecule has 1 aromatic carbocycles. The number of thiazole rings is 1. The maximum Gasteiger partial charge on any atom is 0.291 e. The Morgan fingerprint density at radius 2 is 1.90 bits per heavy atom. The molecule has 0 unspecified atom stereocenters. The Morgan fingerprint density at radius 1 is 1.07 bits per heavy atom. The molecule has 0 atom stereocenters. The van der Waals surface area contributed by atoms with Gasteiger partial charge in [0.15, 0.2) is 5.76 Å². The van der Waals surface area contributed by atoms with Crippen LogP contribution >= 0.6 is 34.3 Å². The first-order chi connectivity index (χ1) is 14.1. The lowest BCUT2D eigenvalue weighted by Crippen LogP contribution is -2.23. The highest BCUT2D eigenvalue weighted by atomic mass is 35.5. The molecule has 0 spiro atoms. The van der Waals surface area contributed by atoms with E-state index in [0.29, 0.717) is 22.3 Å².